The molecule has 0 radical (unpaired) electrons. The lowest BCUT2D eigenvalue weighted by Gasteiger charge is -2.31. The Kier molecular flexibility index (Phi) is 10.6. The van der Waals surface area contributed by atoms with Gasteiger partial charge >= 0.3 is 0 Å². The first-order valence-corrected chi connectivity index (χ1v) is 8.14. The Bertz CT molecular complexity index is 193. The van der Waals surface area contributed by atoms with Crippen LogP contribution in [-0.2, 0) is 0 Å². The summed E-state index contributed by atoms with van der Waals surface area (Å²) in [6, 6.07) is 0.541. The van der Waals surface area contributed by atoms with E-state index in [0.29, 0.717) is 12.6 Å². The van der Waals surface area contributed by atoms with Crippen molar-refractivity contribution in [2.75, 3.05) is 32.8 Å². The second kappa shape index (κ2) is 10.6. The molecule has 116 valence electrons. The van der Waals surface area contributed by atoms with Crippen LogP contribution < -0.4 is 5.32 Å². The zero-order valence-electron chi connectivity index (χ0n) is 13.8. The lowest BCUT2D eigenvalue weighted by molar-refractivity contribution is 0.109. The van der Waals surface area contributed by atoms with Crippen LogP contribution in [0.15, 0.2) is 0 Å². The molecule has 0 bridgehead atoms. The monoisotopic (exact) mass is 272 g/mol. The summed E-state index contributed by atoms with van der Waals surface area (Å²) in [5.41, 5.74) is 0.0765. The summed E-state index contributed by atoms with van der Waals surface area (Å²) in [6.07, 6.45) is 4.55. The van der Waals surface area contributed by atoms with E-state index >= 15 is 0 Å². The maximum atomic E-state index is 9.56. The highest BCUT2D eigenvalue weighted by atomic mass is 16.3. The average Bonchev–Trinajstić information content (AvgIpc) is 2.45. The third kappa shape index (κ3) is 7.28. The molecule has 0 rings (SSSR count). The van der Waals surface area contributed by atoms with Crippen molar-refractivity contribution in [2.45, 2.75) is 66.3 Å². The van der Waals surface area contributed by atoms with Gasteiger partial charge in [0.2, 0.25) is 0 Å². The maximum absolute atomic E-state index is 9.56. The van der Waals surface area contributed by atoms with E-state index in [4.69, 9.17) is 0 Å². The van der Waals surface area contributed by atoms with E-state index in [1.54, 1.807) is 0 Å². The SMILES string of the molecule is CCN(CC)CCCC(C)NCC(CC)(CC)CO. The average molecular weight is 272 g/mol. The van der Waals surface area contributed by atoms with Crippen molar-refractivity contribution in [3.63, 3.8) is 0 Å². The van der Waals surface area contributed by atoms with Crippen molar-refractivity contribution in [3.05, 3.63) is 0 Å². The Labute approximate surface area is 120 Å². The fraction of sp³-hybridized carbons (Fsp3) is 1.00. The number of hydrogen-bond acceptors (Lipinski definition) is 3. The van der Waals surface area contributed by atoms with Gasteiger partial charge in [-0.15, -0.1) is 0 Å². The molecule has 0 aromatic carbocycles. The van der Waals surface area contributed by atoms with Gasteiger partial charge in [-0.05, 0) is 52.2 Å². The quantitative estimate of drug-likeness (QED) is 0.573. The van der Waals surface area contributed by atoms with E-state index in [0.717, 1.165) is 32.5 Å². The predicted octanol–water partition coefficient (Wildman–Crippen LogP) is 2.89. The van der Waals surface area contributed by atoms with Gasteiger partial charge in [-0.3, -0.25) is 0 Å². The van der Waals surface area contributed by atoms with Crippen molar-refractivity contribution in [3.8, 4) is 0 Å². The summed E-state index contributed by atoms with van der Waals surface area (Å²) in [6.45, 7) is 15.8. The molecule has 3 nitrogen and oxygen atoms in total. The largest absolute Gasteiger partial charge is 0.396 e. The van der Waals surface area contributed by atoms with Crippen molar-refractivity contribution in [1.82, 2.24) is 10.2 Å². The predicted molar refractivity (Wildman–Crippen MR) is 84.6 cm³/mol. The van der Waals surface area contributed by atoms with E-state index < -0.39 is 0 Å². The molecule has 3 heteroatoms. The molecular weight excluding hydrogens is 236 g/mol. The molecule has 0 saturated carbocycles. The van der Waals surface area contributed by atoms with E-state index in [2.05, 4.69) is 44.8 Å². The summed E-state index contributed by atoms with van der Waals surface area (Å²) in [7, 11) is 0. The molecule has 0 aromatic rings. The Morgan fingerprint density at radius 1 is 1.11 bits per heavy atom. The second-order valence-corrected chi connectivity index (χ2v) is 5.82. The minimum absolute atomic E-state index is 0.0765. The lowest BCUT2D eigenvalue weighted by atomic mass is 9.83. The molecule has 19 heavy (non-hydrogen) atoms. The van der Waals surface area contributed by atoms with Gasteiger partial charge < -0.3 is 15.3 Å². The first kappa shape index (κ1) is 18.9. The molecule has 0 aliphatic rings. The number of hydrogen-bond donors (Lipinski definition) is 2. The Morgan fingerprint density at radius 2 is 1.68 bits per heavy atom. The van der Waals surface area contributed by atoms with Gasteiger partial charge in [0.25, 0.3) is 0 Å². The van der Waals surface area contributed by atoms with Crippen LogP contribution in [0.25, 0.3) is 0 Å². The summed E-state index contributed by atoms with van der Waals surface area (Å²) in [5, 5.41) is 13.2. The van der Waals surface area contributed by atoms with Crippen LogP contribution in [0.2, 0.25) is 0 Å². The number of rotatable bonds is 12. The molecule has 0 amide bonds. The topological polar surface area (TPSA) is 35.5 Å². The zero-order valence-corrected chi connectivity index (χ0v) is 13.8. The Balaban J connectivity index is 3.88. The standard InChI is InChI=1S/C16H36N2O/c1-6-16(7-2,14-19)13-17-15(5)11-10-12-18(8-3)9-4/h15,17,19H,6-14H2,1-5H3. The first-order chi connectivity index (χ1) is 9.07. The number of aliphatic hydroxyl groups excluding tert-OH is 1. The van der Waals surface area contributed by atoms with E-state index in [1.165, 1.54) is 19.4 Å². The maximum Gasteiger partial charge on any atom is 0.0499 e. The summed E-state index contributed by atoms with van der Waals surface area (Å²) >= 11 is 0. The Hall–Kier alpha value is -0.120. The normalized spacial score (nSPS) is 14.1. The van der Waals surface area contributed by atoms with Gasteiger partial charge in [0, 0.05) is 24.6 Å². The molecule has 2 N–H and O–H groups in total. The highest BCUT2D eigenvalue weighted by Gasteiger charge is 2.25. The number of nitrogens with one attached hydrogen (secondary N) is 1. The molecule has 1 atom stereocenters. The molecule has 0 fully saturated rings. The van der Waals surface area contributed by atoms with Gasteiger partial charge in [0.15, 0.2) is 0 Å². The van der Waals surface area contributed by atoms with Crippen molar-refractivity contribution in [1.29, 1.82) is 0 Å². The van der Waals surface area contributed by atoms with Gasteiger partial charge in [0.05, 0.1) is 0 Å². The fourth-order valence-corrected chi connectivity index (χ4v) is 2.43. The summed E-state index contributed by atoms with van der Waals surface area (Å²) < 4.78 is 0. The van der Waals surface area contributed by atoms with Gasteiger partial charge in [-0.1, -0.05) is 27.7 Å². The minimum Gasteiger partial charge on any atom is -0.396 e. The van der Waals surface area contributed by atoms with E-state index in [-0.39, 0.29) is 5.41 Å². The van der Waals surface area contributed by atoms with Crippen LogP contribution in [0.1, 0.15) is 60.3 Å². The van der Waals surface area contributed by atoms with Crippen LogP contribution in [0.4, 0.5) is 0 Å². The summed E-state index contributed by atoms with van der Waals surface area (Å²) in [4.78, 5) is 2.48. The third-order valence-corrected chi connectivity index (χ3v) is 4.67. The number of aliphatic hydroxyl groups is 1. The van der Waals surface area contributed by atoms with Crippen molar-refractivity contribution < 1.29 is 5.11 Å². The van der Waals surface area contributed by atoms with Gasteiger partial charge in [-0.2, -0.15) is 0 Å². The zero-order chi connectivity index (χ0) is 14.7. The molecule has 0 aromatic heterocycles. The van der Waals surface area contributed by atoms with Gasteiger partial charge in [0.1, 0.15) is 0 Å². The van der Waals surface area contributed by atoms with Crippen LogP contribution >= 0.6 is 0 Å². The third-order valence-electron chi connectivity index (χ3n) is 4.67. The Morgan fingerprint density at radius 3 is 2.11 bits per heavy atom. The molecular formula is C16H36N2O. The van der Waals surface area contributed by atoms with E-state index in [9.17, 15) is 5.11 Å². The first-order valence-electron chi connectivity index (χ1n) is 8.14. The van der Waals surface area contributed by atoms with Crippen LogP contribution in [-0.4, -0.2) is 48.8 Å². The second-order valence-electron chi connectivity index (χ2n) is 5.82. The van der Waals surface area contributed by atoms with Crippen molar-refractivity contribution in [2.24, 2.45) is 5.41 Å². The number of nitrogens with zero attached hydrogens (tertiary/aromatic N) is 1. The highest BCUT2D eigenvalue weighted by Crippen LogP contribution is 2.24. The lowest BCUT2D eigenvalue weighted by Crippen LogP contribution is -2.40. The van der Waals surface area contributed by atoms with Crippen LogP contribution in [0.3, 0.4) is 0 Å². The summed E-state index contributed by atoms with van der Waals surface area (Å²) in [5.74, 6) is 0. The van der Waals surface area contributed by atoms with Crippen LogP contribution in [0, 0.1) is 5.41 Å². The van der Waals surface area contributed by atoms with Crippen molar-refractivity contribution >= 4 is 0 Å². The molecule has 0 aliphatic heterocycles. The fourth-order valence-electron chi connectivity index (χ4n) is 2.43. The molecule has 1 unspecified atom stereocenters. The molecule has 0 spiro atoms. The van der Waals surface area contributed by atoms with Gasteiger partial charge in [-0.25, -0.2) is 0 Å². The highest BCUT2D eigenvalue weighted by molar-refractivity contribution is 4.79. The molecule has 0 saturated heterocycles. The minimum atomic E-state index is 0.0765. The van der Waals surface area contributed by atoms with E-state index in [1.807, 2.05) is 0 Å². The smallest absolute Gasteiger partial charge is 0.0499 e. The molecule has 0 aliphatic carbocycles. The van der Waals surface area contributed by atoms with Crippen LogP contribution in [0.5, 0.6) is 0 Å². The molecule has 0 heterocycles.